The van der Waals surface area contributed by atoms with E-state index in [1.54, 1.807) is 11.3 Å². The molecular formula is C14H18N2O2S. The first-order valence-electron chi connectivity index (χ1n) is 6.56. The van der Waals surface area contributed by atoms with Gasteiger partial charge in [-0.25, -0.2) is 5.10 Å². The summed E-state index contributed by atoms with van der Waals surface area (Å²) in [6.07, 6.45) is 0.860. The zero-order valence-electron chi connectivity index (χ0n) is 11.7. The van der Waals surface area contributed by atoms with Crippen LogP contribution in [0.5, 0.6) is 0 Å². The largest absolute Gasteiger partial charge is 0.370 e. The van der Waals surface area contributed by atoms with Crippen molar-refractivity contribution in [1.82, 2.24) is 10.2 Å². The summed E-state index contributed by atoms with van der Waals surface area (Å²) in [5.41, 5.74) is 1.90. The van der Waals surface area contributed by atoms with E-state index in [0.29, 0.717) is 6.61 Å². The van der Waals surface area contributed by atoms with Crippen LogP contribution in [0.25, 0.3) is 10.1 Å². The number of hydrogen-bond acceptors (Lipinski definition) is 4. The molecule has 0 saturated heterocycles. The average molecular weight is 278 g/mol. The minimum absolute atomic E-state index is 0.0865. The van der Waals surface area contributed by atoms with Gasteiger partial charge in [0, 0.05) is 22.2 Å². The molecule has 4 nitrogen and oxygen atoms in total. The van der Waals surface area contributed by atoms with E-state index in [1.807, 2.05) is 0 Å². The Morgan fingerprint density at radius 1 is 1.42 bits per heavy atom. The highest BCUT2D eigenvalue weighted by atomic mass is 32.1. The molecule has 0 bridgehead atoms. The fourth-order valence-corrected chi connectivity index (χ4v) is 4.00. The van der Waals surface area contributed by atoms with Crippen LogP contribution in [-0.4, -0.2) is 15.8 Å². The molecule has 2 aromatic heterocycles. The van der Waals surface area contributed by atoms with Crippen molar-refractivity contribution in [1.29, 1.82) is 0 Å². The molecule has 0 radical (unpaired) electrons. The number of aromatic nitrogens is 2. The van der Waals surface area contributed by atoms with Crippen LogP contribution in [0.15, 0.2) is 4.79 Å². The van der Waals surface area contributed by atoms with Gasteiger partial charge in [-0.1, -0.05) is 13.8 Å². The molecule has 3 heterocycles. The second kappa shape index (κ2) is 4.15. The van der Waals surface area contributed by atoms with Gasteiger partial charge in [-0.05, 0) is 19.8 Å². The third-order valence-corrected chi connectivity index (χ3v) is 4.80. The summed E-state index contributed by atoms with van der Waals surface area (Å²) in [5.74, 6) is 0.285. The van der Waals surface area contributed by atoms with Crippen LogP contribution < -0.4 is 5.56 Å². The summed E-state index contributed by atoms with van der Waals surface area (Å²) in [5, 5.41) is 7.88. The molecule has 1 aliphatic rings. The highest BCUT2D eigenvalue weighted by Gasteiger charge is 2.31. The molecule has 0 unspecified atom stereocenters. The topological polar surface area (TPSA) is 55.0 Å². The molecule has 1 aliphatic heterocycles. The molecule has 1 N–H and O–H groups in total. The van der Waals surface area contributed by atoms with Gasteiger partial charge in [0.15, 0.2) is 0 Å². The number of H-pyrrole nitrogens is 1. The molecule has 2 aromatic rings. The summed E-state index contributed by atoms with van der Waals surface area (Å²) >= 11 is 1.60. The lowest BCUT2D eigenvalue weighted by atomic mass is 9.95. The Kier molecular flexibility index (Phi) is 2.80. The fraction of sp³-hybridized carbons (Fsp3) is 0.571. The Hall–Kier alpha value is -1.20. The van der Waals surface area contributed by atoms with Crippen LogP contribution in [0, 0.1) is 0 Å². The first-order valence-corrected chi connectivity index (χ1v) is 7.37. The summed E-state index contributed by atoms with van der Waals surface area (Å²) in [6.45, 7) is 8.95. The highest BCUT2D eigenvalue weighted by Crippen LogP contribution is 2.39. The van der Waals surface area contributed by atoms with Gasteiger partial charge in [0.05, 0.1) is 17.9 Å². The molecule has 0 spiro atoms. The molecule has 0 fully saturated rings. The van der Waals surface area contributed by atoms with Gasteiger partial charge in [-0.15, -0.1) is 11.3 Å². The number of aromatic amines is 1. The SMILES string of the molecule is CC(C)c1n[nH]c(=O)c2sc3c(c12)COC(C)(C)C3. The van der Waals surface area contributed by atoms with Gasteiger partial charge in [0.1, 0.15) is 4.70 Å². The van der Waals surface area contributed by atoms with Gasteiger partial charge in [0.2, 0.25) is 0 Å². The van der Waals surface area contributed by atoms with E-state index in [-0.39, 0.29) is 17.1 Å². The lowest BCUT2D eigenvalue weighted by Gasteiger charge is -2.30. The Morgan fingerprint density at radius 3 is 2.84 bits per heavy atom. The molecule has 0 amide bonds. The third-order valence-electron chi connectivity index (χ3n) is 3.57. The lowest BCUT2D eigenvalue weighted by Crippen LogP contribution is -2.30. The molecule has 0 saturated carbocycles. The molecule has 0 aliphatic carbocycles. The summed E-state index contributed by atoms with van der Waals surface area (Å²) in [4.78, 5) is 13.3. The number of rotatable bonds is 1. The van der Waals surface area contributed by atoms with Gasteiger partial charge >= 0.3 is 0 Å². The van der Waals surface area contributed by atoms with Gasteiger partial charge in [-0.2, -0.15) is 5.10 Å². The number of fused-ring (bicyclic) bond motifs is 3. The van der Waals surface area contributed by atoms with E-state index >= 15 is 0 Å². The zero-order valence-corrected chi connectivity index (χ0v) is 12.5. The smallest absolute Gasteiger partial charge is 0.282 e. The van der Waals surface area contributed by atoms with Crippen LogP contribution >= 0.6 is 11.3 Å². The van der Waals surface area contributed by atoms with E-state index in [9.17, 15) is 4.79 Å². The van der Waals surface area contributed by atoms with Crippen molar-refractivity contribution in [2.45, 2.75) is 52.2 Å². The second-order valence-electron chi connectivity index (χ2n) is 6.03. The van der Waals surface area contributed by atoms with E-state index in [1.165, 1.54) is 10.4 Å². The maximum Gasteiger partial charge on any atom is 0.282 e. The first kappa shape index (κ1) is 12.8. The third kappa shape index (κ3) is 2.01. The fourth-order valence-electron chi connectivity index (χ4n) is 2.58. The normalized spacial score (nSPS) is 17.9. The maximum atomic E-state index is 12.0. The van der Waals surface area contributed by atoms with Crippen LogP contribution in [0.4, 0.5) is 0 Å². The molecule has 19 heavy (non-hydrogen) atoms. The van der Waals surface area contributed by atoms with E-state index in [2.05, 4.69) is 37.9 Å². The van der Waals surface area contributed by atoms with E-state index < -0.39 is 0 Å². The Balaban J connectivity index is 2.32. The van der Waals surface area contributed by atoms with Crippen molar-refractivity contribution in [3.8, 4) is 0 Å². The second-order valence-corrected chi connectivity index (χ2v) is 7.13. The molecule has 3 rings (SSSR count). The lowest BCUT2D eigenvalue weighted by molar-refractivity contribution is -0.0382. The maximum absolute atomic E-state index is 12.0. The minimum atomic E-state index is -0.147. The summed E-state index contributed by atoms with van der Waals surface area (Å²) in [6, 6.07) is 0. The van der Waals surface area contributed by atoms with Gasteiger partial charge in [-0.3, -0.25) is 4.79 Å². The molecule has 0 atom stereocenters. The van der Waals surface area contributed by atoms with Crippen LogP contribution in [0.2, 0.25) is 0 Å². The Bertz CT molecular complexity index is 697. The van der Waals surface area contributed by atoms with E-state index in [0.717, 1.165) is 22.2 Å². The van der Waals surface area contributed by atoms with Crippen LogP contribution in [-0.2, 0) is 17.8 Å². The average Bonchev–Trinajstić information content (AvgIpc) is 2.66. The first-order chi connectivity index (χ1) is 8.89. The van der Waals surface area contributed by atoms with Gasteiger partial charge in [0.25, 0.3) is 5.56 Å². The number of nitrogens with zero attached hydrogens (tertiary/aromatic N) is 1. The van der Waals surface area contributed by atoms with Crippen molar-refractivity contribution in [3.05, 3.63) is 26.5 Å². The van der Waals surface area contributed by atoms with Crippen LogP contribution in [0.3, 0.4) is 0 Å². The van der Waals surface area contributed by atoms with Crippen LogP contribution in [0.1, 0.15) is 49.7 Å². The molecule has 5 heteroatoms. The molecular weight excluding hydrogens is 260 g/mol. The Morgan fingerprint density at radius 2 is 2.16 bits per heavy atom. The predicted octanol–water partition coefficient (Wildman–Crippen LogP) is 2.96. The highest BCUT2D eigenvalue weighted by molar-refractivity contribution is 7.19. The predicted molar refractivity (Wildman–Crippen MR) is 76.9 cm³/mol. The molecule has 102 valence electrons. The van der Waals surface area contributed by atoms with Crippen molar-refractivity contribution < 1.29 is 4.74 Å². The van der Waals surface area contributed by atoms with Crippen molar-refractivity contribution in [3.63, 3.8) is 0 Å². The van der Waals surface area contributed by atoms with Crippen molar-refractivity contribution in [2.75, 3.05) is 0 Å². The molecule has 0 aromatic carbocycles. The summed E-state index contributed by atoms with van der Waals surface area (Å²) < 4.78 is 6.70. The number of hydrogen-bond donors (Lipinski definition) is 1. The number of thiophene rings is 1. The van der Waals surface area contributed by atoms with E-state index in [4.69, 9.17) is 4.74 Å². The quantitative estimate of drug-likeness (QED) is 0.872. The number of ether oxygens (including phenoxy) is 1. The van der Waals surface area contributed by atoms with Crippen molar-refractivity contribution >= 4 is 21.4 Å². The minimum Gasteiger partial charge on any atom is -0.370 e. The van der Waals surface area contributed by atoms with Crippen molar-refractivity contribution in [2.24, 2.45) is 0 Å². The zero-order chi connectivity index (χ0) is 13.8. The standard InChI is InChI=1S/C14H18N2O2S/c1-7(2)11-10-8-6-18-14(3,4)5-9(8)19-12(10)13(17)16-15-11/h7H,5-6H2,1-4H3,(H,16,17). The Labute approximate surface area is 115 Å². The van der Waals surface area contributed by atoms with Gasteiger partial charge < -0.3 is 4.74 Å². The monoisotopic (exact) mass is 278 g/mol. The number of nitrogens with one attached hydrogen (secondary N) is 1. The summed E-state index contributed by atoms with van der Waals surface area (Å²) in [7, 11) is 0.